The van der Waals surface area contributed by atoms with Crippen LogP contribution in [0.5, 0.6) is 0 Å². The molecule has 2 amide bonds. The van der Waals surface area contributed by atoms with E-state index in [9.17, 15) is 18.8 Å². The van der Waals surface area contributed by atoms with Crippen molar-refractivity contribution in [3.63, 3.8) is 0 Å². The molecule has 0 bridgehead atoms. The molecule has 0 fully saturated rings. The molecule has 0 spiro atoms. The van der Waals surface area contributed by atoms with E-state index < -0.39 is 17.6 Å². The van der Waals surface area contributed by atoms with E-state index in [1.807, 2.05) is 0 Å². The van der Waals surface area contributed by atoms with E-state index in [-0.39, 0.29) is 18.0 Å². The number of rotatable bonds is 1. The van der Waals surface area contributed by atoms with Crippen LogP contribution in [0.2, 0.25) is 0 Å². The van der Waals surface area contributed by atoms with Gasteiger partial charge in [0.25, 0.3) is 11.5 Å². The molecule has 7 nitrogen and oxygen atoms in total. The SMILES string of the molecule is O=C1C=CC(C(=O)N2CCc3nc4ccc(F)cn4c(=O)c3C2)C=N1. The van der Waals surface area contributed by atoms with Crippen LogP contribution in [0.3, 0.4) is 0 Å². The molecule has 126 valence electrons. The van der Waals surface area contributed by atoms with Gasteiger partial charge in [-0.2, -0.15) is 0 Å². The van der Waals surface area contributed by atoms with Gasteiger partial charge in [-0.1, -0.05) is 6.08 Å². The van der Waals surface area contributed by atoms with Crippen molar-refractivity contribution in [2.45, 2.75) is 13.0 Å². The number of carbonyl (C=O) groups is 2. The Labute approximate surface area is 141 Å². The molecule has 1 unspecified atom stereocenters. The van der Waals surface area contributed by atoms with Crippen molar-refractivity contribution in [3.8, 4) is 0 Å². The zero-order valence-corrected chi connectivity index (χ0v) is 13.1. The second-order valence-corrected chi connectivity index (χ2v) is 5.93. The highest BCUT2D eigenvalue weighted by Gasteiger charge is 2.28. The molecular formula is C17H13FN4O3. The standard InChI is InChI=1S/C17H13FN4O3/c18-11-2-3-14-20-13-5-6-21(9-12(13)17(25)22(14)8-11)16(24)10-1-4-15(23)19-7-10/h1-4,7-8,10H,5-6,9H2. The van der Waals surface area contributed by atoms with Gasteiger partial charge in [0.1, 0.15) is 11.5 Å². The minimum atomic E-state index is -0.618. The molecule has 8 heteroatoms. The Hall–Kier alpha value is -3.16. The molecule has 0 saturated carbocycles. The number of hydrogen-bond donors (Lipinski definition) is 0. The van der Waals surface area contributed by atoms with Crippen LogP contribution in [0.1, 0.15) is 11.3 Å². The number of halogens is 1. The maximum absolute atomic E-state index is 13.4. The molecule has 2 aliphatic rings. The maximum Gasteiger partial charge on any atom is 0.269 e. The van der Waals surface area contributed by atoms with Gasteiger partial charge in [0, 0.05) is 31.5 Å². The van der Waals surface area contributed by atoms with Crippen LogP contribution in [0.15, 0.2) is 40.3 Å². The predicted octanol–water partition coefficient (Wildman–Crippen LogP) is 0.502. The molecule has 0 aromatic carbocycles. The number of fused-ring (bicyclic) bond motifs is 2. The highest BCUT2D eigenvalue weighted by atomic mass is 19.1. The third kappa shape index (κ3) is 2.65. The molecule has 0 saturated heterocycles. The van der Waals surface area contributed by atoms with Crippen LogP contribution >= 0.6 is 0 Å². The van der Waals surface area contributed by atoms with Gasteiger partial charge in [-0.15, -0.1) is 0 Å². The summed E-state index contributed by atoms with van der Waals surface area (Å²) < 4.78 is 14.6. The summed E-state index contributed by atoms with van der Waals surface area (Å²) in [6.07, 6.45) is 5.59. The molecule has 2 aromatic heterocycles. The molecule has 25 heavy (non-hydrogen) atoms. The lowest BCUT2D eigenvalue weighted by atomic mass is 10.0. The summed E-state index contributed by atoms with van der Waals surface area (Å²) in [7, 11) is 0. The zero-order chi connectivity index (χ0) is 17.6. The quantitative estimate of drug-likeness (QED) is 0.757. The Morgan fingerprint density at radius 1 is 1.28 bits per heavy atom. The van der Waals surface area contributed by atoms with Crippen molar-refractivity contribution in [2.75, 3.05) is 6.54 Å². The van der Waals surface area contributed by atoms with Crippen LogP contribution in [-0.2, 0) is 22.6 Å². The second-order valence-electron chi connectivity index (χ2n) is 5.93. The average Bonchev–Trinajstić information content (AvgIpc) is 2.62. The third-order valence-corrected chi connectivity index (χ3v) is 4.34. The number of amides is 2. The van der Waals surface area contributed by atoms with Crippen LogP contribution in [0.25, 0.3) is 5.65 Å². The van der Waals surface area contributed by atoms with E-state index in [1.165, 1.54) is 35.4 Å². The zero-order valence-electron chi connectivity index (χ0n) is 13.1. The fourth-order valence-electron chi connectivity index (χ4n) is 3.05. The number of aliphatic imine (C=N–C) groups is 1. The van der Waals surface area contributed by atoms with E-state index >= 15 is 0 Å². The molecule has 1 atom stereocenters. The predicted molar refractivity (Wildman–Crippen MR) is 86.7 cm³/mol. The first-order valence-electron chi connectivity index (χ1n) is 7.78. The summed E-state index contributed by atoms with van der Waals surface area (Å²) >= 11 is 0. The number of carbonyl (C=O) groups excluding carboxylic acids is 2. The molecule has 0 aliphatic carbocycles. The number of aromatic nitrogens is 2. The highest BCUT2D eigenvalue weighted by Crippen LogP contribution is 2.18. The van der Waals surface area contributed by atoms with Crippen molar-refractivity contribution in [1.29, 1.82) is 0 Å². The molecule has 0 radical (unpaired) electrons. The van der Waals surface area contributed by atoms with Gasteiger partial charge in [0.05, 0.1) is 23.7 Å². The van der Waals surface area contributed by atoms with Gasteiger partial charge in [0.2, 0.25) is 5.91 Å². The Morgan fingerprint density at radius 3 is 2.88 bits per heavy atom. The molecule has 2 aromatic rings. The van der Waals surface area contributed by atoms with E-state index in [0.717, 1.165) is 10.6 Å². The van der Waals surface area contributed by atoms with Gasteiger partial charge < -0.3 is 4.90 Å². The van der Waals surface area contributed by atoms with Gasteiger partial charge in [-0.25, -0.2) is 14.4 Å². The normalized spacial score (nSPS) is 19.3. The van der Waals surface area contributed by atoms with Crippen molar-refractivity contribution >= 4 is 23.7 Å². The largest absolute Gasteiger partial charge is 0.337 e. The van der Waals surface area contributed by atoms with Gasteiger partial charge in [-0.3, -0.25) is 18.8 Å². The van der Waals surface area contributed by atoms with Crippen molar-refractivity contribution < 1.29 is 14.0 Å². The van der Waals surface area contributed by atoms with E-state index in [0.29, 0.717) is 29.9 Å². The lowest BCUT2D eigenvalue weighted by Gasteiger charge is -2.29. The monoisotopic (exact) mass is 340 g/mol. The highest BCUT2D eigenvalue weighted by molar-refractivity contribution is 6.05. The number of nitrogens with zero attached hydrogens (tertiary/aromatic N) is 4. The number of pyridine rings is 1. The second kappa shape index (κ2) is 5.73. The molecule has 2 aliphatic heterocycles. The third-order valence-electron chi connectivity index (χ3n) is 4.34. The van der Waals surface area contributed by atoms with Crippen molar-refractivity contribution in [1.82, 2.24) is 14.3 Å². The summed E-state index contributed by atoms with van der Waals surface area (Å²) in [5, 5.41) is 0. The summed E-state index contributed by atoms with van der Waals surface area (Å²) in [5.41, 5.74) is 1.02. The van der Waals surface area contributed by atoms with Gasteiger partial charge in [0.15, 0.2) is 0 Å². The lowest BCUT2D eigenvalue weighted by molar-refractivity contribution is -0.133. The maximum atomic E-state index is 13.4. The Kier molecular flexibility index (Phi) is 3.52. The number of hydrogen-bond acceptors (Lipinski definition) is 4. The van der Waals surface area contributed by atoms with Crippen LogP contribution in [0.4, 0.5) is 4.39 Å². The first-order chi connectivity index (χ1) is 12.0. The Morgan fingerprint density at radius 2 is 2.12 bits per heavy atom. The molecular weight excluding hydrogens is 327 g/mol. The Balaban J connectivity index is 1.68. The van der Waals surface area contributed by atoms with Gasteiger partial charge in [-0.05, 0) is 12.1 Å². The van der Waals surface area contributed by atoms with Crippen molar-refractivity contribution in [2.24, 2.45) is 10.9 Å². The van der Waals surface area contributed by atoms with E-state index in [4.69, 9.17) is 0 Å². The smallest absolute Gasteiger partial charge is 0.269 e. The summed E-state index contributed by atoms with van der Waals surface area (Å²) in [4.78, 5) is 45.9. The van der Waals surface area contributed by atoms with E-state index in [2.05, 4.69) is 9.98 Å². The van der Waals surface area contributed by atoms with Crippen LogP contribution in [0, 0.1) is 11.7 Å². The average molecular weight is 340 g/mol. The first kappa shape index (κ1) is 15.4. The number of dihydropyridines is 1. The minimum absolute atomic E-state index is 0.103. The Bertz CT molecular complexity index is 1010. The van der Waals surface area contributed by atoms with Gasteiger partial charge >= 0.3 is 0 Å². The lowest BCUT2D eigenvalue weighted by Crippen LogP contribution is -2.43. The molecule has 4 heterocycles. The van der Waals surface area contributed by atoms with E-state index in [1.54, 1.807) is 0 Å². The molecule has 0 N–H and O–H groups in total. The minimum Gasteiger partial charge on any atom is -0.337 e. The summed E-state index contributed by atoms with van der Waals surface area (Å²) in [5.74, 6) is -1.79. The summed E-state index contributed by atoms with van der Waals surface area (Å²) in [6.45, 7) is 0.521. The van der Waals surface area contributed by atoms with Crippen LogP contribution in [-0.4, -0.2) is 38.9 Å². The fourth-order valence-corrected chi connectivity index (χ4v) is 3.05. The first-order valence-corrected chi connectivity index (χ1v) is 7.78. The van der Waals surface area contributed by atoms with Crippen molar-refractivity contribution in [3.05, 3.63) is 57.9 Å². The summed E-state index contributed by atoms with van der Waals surface area (Å²) in [6, 6.07) is 2.71. The van der Waals surface area contributed by atoms with Crippen LogP contribution < -0.4 is 5.56 Å². The fraction of sp³-hybridized carbons (Fsp3) is 0.235. The topological polar surface area (TPSA) is 84.1 Å². The molecule has 4 rings (SSSR count).